The maximum Gasteiger partial charge on any atom is 0.416 e. The van der Waals surface area contributed by atoms with Crippen LogP contribution >= 0.6 is 12.4 Å². The molecule has 6 heteroatoms. The highest BCUT2D eigenvalue weighted by Crippen LogP contribution is 2.34. The normalized spacial score (nSPS) is 13.9. The van der Waals surface area contributed by atoms with Crippen molar-refractivity contribution in [3.05, 3.63) is 35.4 Å². The molecule has 0 unspecified atom stereocenters. The Morgan fingerprint density at radius 2 is 1.83 bits per heavy atom. The van der Waals surface area contributed by atoms with E-state index in [0.717, 1.165) is 12.1 Å². The average molecular weight is 284 g/mol. The van der Waals surface area contributed by atoms with Gasteiger partial charge in [0.2, 0.25) is 0 Å². The van der Waals surface area contributed by atoms with Gasteiger partial charge in [-0.05, 0) is 17.7 Å². The molecule has 0 fully saturated rings. The third kappa shape index (κ3) is 3.86. The lowest BCUT2D eigenvalue weighted by atomic mass is 9.81. The molecule has 0 saturated carbocycles. The highest BCUT2D eigenvalue weighted by Gasteiger charge is 2.32. The van der Waals surface area contributed by atoms with E-state index in [1.807, 2.05) is 0 Å². The summed E-state index contributed by atoms with van der Waals surface area (Å²) in [6.45, 7) is 3.22. The maximum absolute atomic E-state index is 12.5. The van der Waals surface area contributed by atoms with Gasteiger partial charge in [-0.25, -0.2) is 0 Å². The minimum atomic E-state index is -4.38. The maximum atomic E-state index is 12.5. The van der Waals surface area contributed by atoms with Crippen molar-refractivity contribution in [3.63, 3.8) is 0 Å². The average Bonchev–Trinajstić information content (AvgIpc) is 2.27. The van der Waals surface area contributed by atoms with Crippen LogP contribution in [0.25, 0.3) is 0 Å². The van der Waals surface area contributed by atoms with Gasteiger partial charge in [0, 0.05) is 18.1 Å². The highest BCUT2D eigenvalue weighted by atomic mass is 35.5. The quantitative estimate of drug-likeness (QED) is 0.895. The second kappa shape index (κ2) is 5.91. The summed E-state index contributed by atoms with van der Waals surface area (Å²) in [6, 6.07) is 4.25. The summed E-state index contributed by atoms with van der Waals surface area (Å²) in [5.41, 5.74) is 4.86. The van der Waals surface area contributed by atoms with Gasteiger partial charge in [0.1, 0.15) is 0 Å². The van der Waals surface area contributed by atoms with Crippen molar-refractivity contribution in [3.8, 4) is 0 Å². The lowest BCUT2D eigenvalue weighted by Crippen LogP contribution is -2.32. The first-order chi connectivity index (χ1) is 7.68. The topological polar surface area (TPSA) is 46.2 Å². The molecule has 0 heterocycles. The summed E-state index contributed by atoms with van der Waals surface area (Å²) in [7, 11) is 0. The number of alkyl halides is 3. The molecule has 0 aliphatic carbocycles. The standard InChI is InChI=1S/C12H16F3NO.ClH/c1-11(2,7-17)10(16)8-4-3-5-9(6-8)12(13,14)15;/h3-6,10,17H,7,16H2,1-2H3;1H/t10-;/m1./s1. The molecule has 1 rings (SSSR count). The number of hydrogen-bond acceptors (Lipinski definition) is 2. The molecule has 3 N–H and O–H groups in total. The fourth-order valence-corrected chi connectivity index (χ4v) is 1.46. The van der Waals surface area contributed by atoms with E-state index in [0.29, 0.717) is 5.56 Å². The van der Waals surface area contributed by atoms with Crippen molar-refractivity contribution < 1.29 is 18.3 Å². The molecule has 0 bridgehead atoms. The van der Waals surface area contributed by atoms with Crippen molar-refractivity contribution in [2.75, 3.05) is 6.61 Å². The largest absolute Gasteiger partial charge is 0.416 e. The minimum Gasteiger partial charge on any atom is -0.396 e. The molecule has 0 saturated heterocycles. The van der Waals surface area contributed by atoms with Gasteiger partial charge in [-0.3, -0.25) is 0 Å². The van der Waals surface area contributed by atoms with Crippen LogP contribution in [0.4, 0.5) is 13.2 Å². The predicted molar refractivity (Wildman–Crippen MR) is 66.5 cm³/mol. The number of aliphatic hydroxyl groups is 1. The highest BCUT2D eigenvalue weighted by molar-refractivity contribution is 5.85. The Hall–Kier alpha value is -0.780. The van der Waals surface area contributed by atoms with Gasteiger partial charge >= 0.3 is 6.18 Å². The van der Waals surface area contributed by atoms with Crippen LogP contribution in [0.1, 0.15) is 31.0 Å². The van der Waals surface area contributed by atoms with E-state index < -0.39 is 23.2 Å². The molecular formula is C12H17ClF3NO. The van der Waals surface area contributed by atoms with E-state index in [4.69, 9.17) is 10.8 Å². The van der Waals surface area contributed by atoms with Crippen LogP contribution in [0.5, 0.6) is 0 Å². The molecule has 1 aromatic rings. The van der Waals surface area contributed by atoms with Gasteiger partial charge in [-0.15, -0.1) is 12.4 Å². The van der Waals surface area contributed by atoms with E-state index in [2.05, 4.69) is 0 Å². The Balaban J connectivity index is 0.00000289. The minimum absolute atomic E-state index is 0. The fraction of sp³-hybridized carbons (Fsp3) is 0.500. The monoisotopic (exact) mass is 283 g/mol. The molecule has 18 heavy (non-hydrogen) atoms. The molecule has 0 aromatic heterocycles. The van der Waals surface area contributed by atoms with E-state index in [-0.39, 0.29) is 19.0 Å². The molecule has 1 atom stereocenters. The lowest BCUT2D eigenvalue weighted by molar-refractivity contribution is -0.137. The van der Waals surface area contributed by atoms with E-state index in [9.17, 15) is 13.2 Å². The van der Waals surface area contributed by atoms with E-state index >= 15 is 0 Å². The third-order valence-corrected chi connectivity index (χ3v) is 2.82. The SMILES string of the molecule is CC(C)(CO)[C@H](N)c1cccc(C(F)(F)F)c1.Cl. The number of rotatable bonds is 3. The second-order valence-corrected chi connectivity index (χ2v) is 4.75. The Labute approximate surface area is 110 Å². The lowest BCUT2D eigenvalue weighted by Gasteiger charge is -2.30. The summed E-state index contributed by atoms with van der Waals surface area (Å²) < 4.78 is 37.6. The summed E-state index contributed by atoms with van der Waals surface area (Å²) >= 11 is 0. The Bertz CT molecular complexity index is 393. The smallest absolute Gasteiger partial charge is 0.396 e. The summed E-state index contributed by atoms with van der Waals surface area (Å²) in [5, 5.41) is 9.15. The molecule has 0 radical (unpaired) electrons. The van der Waals surface area contributed by atoms with Crippen molar-refractivity contribution in [1.29, 1.82) is 0 Å². The zero-order valence-electron chi connectivity index (χ0n) is 10.2. The van der Waals surface area contributed by atoms with Gasteiger partial charge < -0.3 is 10.8 Å². The first kappa shape index (κ1) is 17.2. The molecule has 0 aliphatic rings. The molecule has 0 amide bonds. The zero-order valence-corrected chi connectivity index (χ0v) is 11.0. The number of nitrogens with two attached hydrogens (primary N) is 1. The Kier molecular flexibility index (Phi) is 5.65. The van der Waals surface area contributed by atoms with Crippen LogP contribution in [-0.4, -0.2) is 11.7 Å². The Morgan fingerprint density at radius 1 is 1.28 bits per heavy atom. The van der Waals surface area contributed by atoms with Crippen LogP contribution in [0.3, 0.4) is 0 Å². The van der Waals surface area contributed by atoms with Crippen LogP contribution in [-0.2, 0) is 6.18 Å². The zero-order chi connectivity index (χ0) is 13.3. The van der Waals surface area contributed by atoms with Crippen molar-refractivity contribution in [1.82, 2.24) is 0 Å². The van der Waals surface area contributed by atoms with Crippen LogP contribution in [0.15, 0.2) is 24.3 Å². The molecule has 2 nitrogen and oxygen atoms in total. The molecule has 1 aromatic carbocycles. The van der Waals surface area contributed by atoms with E-state index in [1.165, 1.54) is 12.1 Å². The van der Waals surface area contributed by atoms with Gasteiger partial charge in [0.05, 0.1) is 5.56 Å². The number of aliphatic hydroxyl groups excluding tert-OH is 1. The predicted octanol–water partition coefficient (Wildman–Crippen LogP) is 3.15. The van der Waals surface area contributed by atoms with Crippen LogP contribution in [0, 0.1) is 5.41 Å². The summed E-state index contributed by atoms with van der Waals surface area (Å²) in [5.74, 6) is 0. The number of benzene rings is 1. The van der Waals surface area contributed by atoms with Crippen molar-refractivity contribution >= 4 is 12.4 Å². The van der Waals surface area contributed by atoms with Gasteiger partial charge in [-0.2, -0.15) is 13.2 Å². The summed E-state index contributed by atoms with van der Waals surface area (Å²) in [6.07, 6.45) is -4.38. The molecule has 0 spiro atoms. The molecule has 104 valence electrons. The number of halogens is 4. The van der Waals surface area contributed by atoms with Gasteiger partial charge in [-0.1, -0.05) is 26.0 Å². The van der Waals surface area contributed by atoms with Crippen LogP contribution < -0.4 is 5.73 Å². The fourth-order valence-electron chi connectivity index (χ4n) is 1.46. The van der Waals surface area contributed by atoms with Crippen LogP contribution in [0.2, 0.25) is 0 Å². The third-order valence-electron chi connectivity index (χ3n) is 2.82. The van der Waals surface area contributed by atoms with Crippen molar-refractivity contribution in [2.45, 2.75) is 26.1 Å². The molecule has 0 aliphatic heterocycles. The molecular weight excluding hydrogens is 267 g/mol. The van der Waals surface area contributed by atoms with Crippen molar-refractivity contribution in [2.24, 2.45) is 11.1 Å². The summed E-state index contributed by atoms with van der Waals surface area (Å²) in [4.78, 5) is 0. The first-order valence-corrected chi connectivity index (χ1v) is 5.22. The number of hydrogen-bond donors (Lipinski definition) is 2. The first-order valence-electron chi connectivity index (χ1n) is 5.22. The van der Waals surface area contributed by atoms with Gasteiger partial charge in [0.15, 0.2) is 0 Å². The van der Waals surface area contributed by atoms with Gasteiger partial charge in [0.25, 0.3) is 0 Å². The second-order valence-electron chi connectivity index (χ2n) is 4.75. The van der Waals surface area contributed by atoms with E-state index in [1.54, 1.807) is 13.8 Å². The Morgan fingerprint density at radius 3 is 2.28 bits per heavy atom.